The van der Waals surface area contributed by atoms with Crippen molar-refractivity contribution < 1.29 is 0 Å². The van der Waals surface area contributed by atoms with Crippen molar-refractivity contribution in [2.45, 2.75) is 0 Å². The van der Waals surface area contributed by atoms with Gasteiger partial charge in [0, 0.05) is 49.1 Å². The average Bonchev–Trinajstić information content (AvgIpc) is 3.90. The van der Waals surface area contributed by atoms with Crippen molar-refractivity contribution in [3.05, 3.63) is 231 Å². The molecular formula is C62H38N2. The van der Waals surface area contributed by atoms with Crippen LogP contribution in [0.5, 0.6) is 0 Å². The first-order chi connectivity index (χ1) is 31.8. The first kappa shape index (κ1) is 35.2. The summed E-state index contributed by atoms with van der Waals surface area (Å²) in [6.07, 6.45) is 0. The van der Waals surface area contributed by atoms with Crippen molar-refractivity contribution in [1.29, 1.82) is 0 Å². The molecule has 14 aromatic rings. The third-order valence-electron chi connectivity index (χ3n) is 13.8. The van der Waals surface area contributed by atoms with Gasteiger partial charge in [0.2, 0.25) is 0 Å². The van der Waals surface area contributed by atoms with Gasteiger partial charge in [0.05, 0.1) is 22.1 Å². The molecular weight excluding hydrogens is 773 g/mol. The highest BCUT2D eigenvalue weighted by atomic mass is 15.0. The van der Waals surface area contributed by atoms with Gasteiger partial charge in [-0.3, -0.25) is 0 Å². The summed E-state index contributed by atoms with van der Waals surface area (Å²) in [4.78, 5) is 0. The summed E-state index contributed by atoms with van der Waals surface area (Å²) in [5.74, 6) is 0. The van der Waals surface area contributed by atoms with E-state index in [4.69, 9.17) is 0 Å². The minimum atomic E-state index is 1.15. The molecule has 0 aliphatic rings. The van der Waals surface area contributed by atoms with Crippen LogP contribution in [0, 0.1) is 0 Å². The van der Waals surface area contributed by atoms with Crippen LogP contribution in [-0.2, 0) is 0 Å². The SMILES string of the molecule is c1ccc(-c2ccc3c(c2)c2c4c5ccccc5c5c6cc(-c7ccccc7)ccc6n(-c6ccc7ccccc7c6)c5c4c4ccccc4c2n3-c2ccc3ccccc3c2)cc1. The Morgan fingerprint density at radius 3 is 1.17 bits per heavy atom. The molecule has 2 nitrogen and oxygen atoms in total. The Bertz CT molecular complexity index is 4230. The third kappa shape index (κ3) is 5.02. The zero-order chi connectivity index (χ0) is 41.9. The molecule has 0 saturated heterocycles. The summed E-state index contributed by atoms with van der Waals surface area (Å²) in [6.45, 7) is 0. The fraction of sp³-hybridized carbons (Fsp3) is 0. The quantitative estimate of drug-likeness (QED) is 0.157. The summed E-state index contributed by atoms with van der Waals surface area (Å²) >= 11 is 0. The molecule has 0 amide bonds. The lowest BCUT2D eigenvalue weighted by Crippen LogP contribution is -1.97. The molecule has 2 aromatic heterocycles. The molecule has 64 heavy (non-hydrogen) atoms. The van der Waals surface area contributed by atoms with Crippen molar-refractivity contribution in [2.75, 3.05) is 0 Å². The van der Waals surface area contributed by atoms with E-state index >= 15 is 0 Å². The van der Waals surface area contributed by atoms with E-state index in [1.807, 2.05) is 0 Å². The van der Waals surface area contributed by atoms with Gasteiger partial charge < -0.3 is 9.13 Å². The molecule has 0 aliphatic heterocycles. The van der Waals surface area contributed by atoms with E-state index in [0.29, 0.717) is 0 Å². The monoisotopic (exact) mass is 810 g/mol. The molecule has 12 aromatic carbocycles. The Balaban J connectivity index is 1.25. The van der Waals surface area contributed by atoms with Gasteiger partial charge >= 0.3 is 0 Å². The van der Waals surface area contributed by atoms with Gasteiger partial charge in [0.15, 0.2) is 0 Å². The fourth-order valence-corrected chi connectivity index (χ4v) is 11.0. The summed E-state index contributed by atoms with van der Waals surface area (Å²) in [5, 5.41) is 17.5. The molecule has 0 N–H and O–H groups in total. The second-order valence-electron chi connectivity index (χ2n) is 17.2. The summed E-state index contributed by atoms with van der Waals surface area (Å²) in [7, 11) is 0. The summed E-state index contributed by atoms with van der Waals surface area (Å²) in [6, 6.07) is 85.5. The van der Waals surface area contributed by atoms with Gasteiger partial charge in [-0.2, -0.15) is 0 Å². The van der Waals surface area contributed by atoms with Crippen molar-refractivity contribution in [1.82, 2.24) is 9.13 Å². The molecule has 0 atom stereocenters. The topological polar surface area (TPSA) is 9.86 Å². The van der Waals surface area contributed by atoms with Crippen LogP contribution >= 0.6 is 0 Å². The lowest BCUT2D eigenvalue weighted by Gasteiger charge is -2.17. The van der Waals surface area contributed by atoms with Crippen molar-refractivity contribution >= 4 is 97.5 Å². The third-order valence-corrected chi connectivity index (χ3v) is 13.8. The van der Waals surface area contributed by atoms with E-state index in [0.717, 1.165) is 11.4 Å². The molecule has 296 valence electrons. The van der Waals surface area contributed by atoms with Crippen LogP contribution in [0.1, 0.15) is 0 Å². The van der Waals surface area contributed by atoms with Crippen LogP contribution in [-0.4, -0.2) is 9.13 Å². The van der Waals surface area contributed by atoms with Crippen molar-refractivity contribution in [3.8, 4) is 33.6 Å². The van der Waals surface area contributed by atoms with Crippen molar-refractivity contribution in [3.63, 3.8) is 0 Å². The molecule has 0 saturated carbocycles. The molecule has 0 radical (unpaired) electrons. The van der Waals surface area contributed by atoms with Gasteiger partial charge in [0.1, 0.15) is 0 Å². The highest BCUT2D eigenvalue weighted by molar-refractivity contribution is 6.45. The lowest BCUT2D eigenvalue weighted by atomic mass is 9.89. The normalized spacial score (nSPS) is 12.1. The fourth-order valence-electron chi connectivity index (χ4n) is 11.0. The average molecular weight is 811 g/mol. The van der Waals surface area contributed by atoms with E-state index in [2.05, 4.69) is 240 Å². The second-order valence-corrected chi connectivity index (χ2v) is 17.2. The van der Waals surface area contributed by atoms with Gasteiger partial charge in [-0.05, 0) is 108 Å². The van der Waals surface area contributed by atoms with Crippen LogP contribution < -0.4 is 0 Å². The molecule has 0 spiro atoms. The first-order valence-electron chi connectivity index (χ1n) is 22.2. The molecule has 14 rings (SSSR count). The second kappa shape index (κ2) is 13.5. The van der Waals surface area contributed by atoms with Gasteiger partial charge in [0.25, 0.3) is 0 Å². The Morgan fingerprint density at radius 1 is 0.219 bits per heavy atom. The molecule has 0 unspecified atom stereocenters. The predicted octanol–water partition coefficient (Wildman–Crippen LogP) is 17.0. The zero-order valence-corrected chi connectivity index (χ0v) is 34.8. The largest absolute Gasteiger partial charge is 0.309 e. The number of benzene rings is 12. The number of nitrogens with zero attached hydrogens (tertiary/aromatic N) is 2. The van der Waals surface area contributed by atoms with Gasteiger partial charge in [-0.25, -0.2) is 0 Å². The highest BCUT2D eigenvalue weighted by Crippen LogP contribution is 2.51. The van der Waals surface area contributed by atoms with Gasteiger partial charge in [-0.15, -0.1) is 0 Å². The van der Waals surface area contributed by atoms with Crippen LogP contribution in [0.15, 0.2) is 231 Å². The maximum Gasteiger partial charge on any atom is 0.0632 e. The molecule has 0 fully saturated rings. The van der Waals surface area contributed by atoms with Crippen LogP contribution in [0.2, 0.25) is 0 Å². The minimum Gasteiger partial charge on any atom is -0.309 e. The molecule has 2 heterocycles. The summed E-state index contributed by atoms with van der Waals surface area (Å²) < 4.78 is 5.11. The molecule has 0 bridgehead atoms. The van der Waals surface area contributed by atoms with E-state index in [9.17, 15) is 0 Å². The number of aromatic nitrogens is 2. The maximum absolute atomic E-state index is 2.57. The molecule has 2 heteroatoms. The summed E-state index contributed by atoms with van der Waals surface area (Å²) in [5.41, 5.74) is 12.0. The van der Waals surface area contributed by atoms with E-state index < -0.39 is 0 Å². The first-order valence-corrected chi connectivity index (χ1v) is 22.2. The minimum absolute atomic E-state index is 1.15. The molecule has 0 aliphatic carbocycles. The Labute approximate surface area is 369 Å². The standard InChI is InChI=1S/C62H38N2/c1-3-15-39(16-4-1)45-29-33-55-53(37-45)57-49-23-11-12-24-50(49)58-59(62(57)64(55)48-32-28-42-20-8-10-22-44(42)36-48)51-25-13-14-26-52(51)61-60(58)54-38-46(40-17-5-2-6-18-40)30-34-56(54)63(61)47-31-27-41-19-7-9-21-43(41)35-47/h1-38H. The Hall–Kier alpha value is -8.46. The highest BCUT2D eigenvalue weighted by Gasteiger charge is 2.26. The number of hydrogen-bond acceptors (Lipinski definition) is 0. The number of rotatable bonds is 4. The van der Waals surface area contributed by atoms with Crippen molar-refractivity contribution in [2.24, 2.45) is 0 Å². The van der Waals surface area contributed by atoms with Crippen LogP contribution in [0.25, 0.3) is 131 Å². The Morgan fingerprint density at radius 2 is 0.625 bits per heavy atom. The van der Waals surface area contributed by atoms with E-state index in [-0.39, 0.29) is 0 Å². The van der Waals surface area contributed by atoms with Crippen LogP contribution in [0.4, 0.5) is 0 Å². The van der Waals surface area contributed by atoms with Crippen LogP contribution in [0.3, 0.4) is 0 Å². The van der Waals surface area contributed by atoms with Gasteiger partial charge in [-0.1, -0.05) is 182 Å². The van der Waals surface area contributed by atoms with E-state index in [1.165, 1.54) is 120 Å². The lowest BCUT2D eigenvalue weighted by molar-refractivity contribution is 1.19. The Kier molecular flexibility index (Phi) is 7.43. The number of fused-ring (bicyclic) bond motifs is 17. The van der Waals surface area contributed by atoms with E-state index in [1.54, 1.807) is 0 Å². The number of hydrogen-bond donors (Lipinski definition) is 0. The predicted molar refractivity (Wildman–Crippen MR) is 274 cm³/mol. The zero-order valence-electron chi connectivity index (χ0n) is 34.8. The smallest absolute Gasteiger partial charge is 0.0632 e. The maximum atomic E-state index is 2.57.